The molecule has 154 valence electrons. The third-order valence-corrected chi connectivity index (χ3v) is 5.77. The summed E-state index contributed by atoms with van der Waals surface area (Å²) in [6.07, 6.45) is 0. The molecule has 3 heterocycles. The fraction of sp³-hybridized carbons (Fsp3) is 0. The molecule has 5 nitrogen and oxygen atoms in total. The largest absolute Gasteiger partial charge is 0.354 e. The van der Waals surface area contributed by atoms with Gasteiger partial charge in [0.15, 0.2) is 0 Å². The van der Waals surface area contributed by atoms with E-state index in [0.29, 0.717) is 17.1 Å². The van der Waals surface area contributed by atoms with E-state index in [2.05, 4.69) is 9.97 Å². The highest BCUT2D eigenvalue weighted by Crippen LogP contribution is 2.39. The lowest BCUT2D eigenvalue weighted by Crippen LogP contribution is -2.31. The highest BCUT2D eigenvalue weighted by molar-refractivity contribution is 6.56. The fourth-order valence-electron chi connectivity index (χ4n) is 4.27. The first kappa shape index (κ1) is 18.3. The van der Waals surface area contributed by atoms with Crippen molar-refractivity contribution in [3.8, 4) is 0 Å². The number of hydrogen-bond donors (Lipinski definition) is 2. The van der Waals surface area contributed by atoms with Crippen LogP contribution in [0.2, 0.25) is 0 Å². The fourth-order valence-corrected chi connectivity index (χ4v) is 4.27. The standard InChI is InChI=1S/C26H16FN3O2/c27-17-9-11-18(12-10-17)30-25(31)23(21-13-15-5-1-3-7-19(15)28-21)24(26(30)32)22-14-16-6-2-4-8-20(16)29-22/h1-14,28-29H. The predicted molar refractivity (Wildman–Crippen MR) is 122 cm³/mol. The molecule has 0 atom stereocenters. The van der Waals surface area contributed by atoms with Crippen molar-refractivity contribution in [3.05, 3.63) is 102 Å². The number of hydrogen-bond acceptors (Lipinski definition) is 2. The number of carbonyl (C=O) groups is 2. The van der Waals surface area contributed by atoms with Gasteiger partial charge in [0.1, 0.15) is 5.82 Å². The number of anilines is 1. The van der Waals surface area contributed by atoms with Gasteiger partial charge < -0.3 is 9.97 Å². The second kappa shape index (κ2) is 6.78. The smallest absolute Gasteiger partial charge is 0.268 e. The molecule has 0 aliphatic carbocycles. The topological polar surface area (TPSA) is 69.0 Å². The molecule has 6 rings (SSSR count). The van der Waals surface area contributed by atoms with Crippen molar-refractivity contribution in [2.75, 3.05) is 4.90 Å². The molecule has 2 aromatic heterocycles. The van der Waals surface area contributed by atoms with Crippen LogP contribution >= 0.6 is 0 Å². The number of nitrogens with zero attached hydrogens (tertiary/aromatic N) is 1. The molecular formula is C26H16FN3O2. The van der Waals surface area contributed by atoms with Gasteiger partial charge in [0.25, 0.3) is 11.8 Å². The quantitative estimate of drug-likeness (QED) is 0.390. The maximum absolute atomic E-state index is 13.6. The zero-order valence-corrected chi connectivity index (χ0v) is 16.7. The lowest BCUT2D eigenvalue weighted by molar-refractivity contribution is -0.119. The molecule has 1 aliphatic rings. The summed E-state index contributed by atoms with van der Waals surface area (Å²) >= 11 is 0. The van der Waals surface area contributed by atoms with Crippen LogP contribution in [0.1, 0.15) is 11.4 Å². The highest BCUT2D eigenvalue weighted by Gasteiger charge is 2.41. The Kier molecular flexibility index (Phi) is 3.89. The molecule has 0 radical (unpaired) electrons. The third kappa shape index (κ3) is 2.70. The summed E-state index contributed by atoms with van der Waals surface area (Å²) in [6.45, 7) is 0. The van der Waals surface area contributed by atoms with Crippen LogP contribution in [0.25, 0.3) is 33.0 Å². The number of amides is 2. The van der Waals surface area contributed by atoms with Gasteiger partial charge in [-0.05, 0) is 48.5 Å². The van der Waals surface area contributed by atoms with Crippen LogP contribution in [-0.2, 0) is 9.59 Å². The van der Waals surface area contributed by atoms with E-state index in [0.717, 1.165) is 26.7 Å². The van der Waals surface area contributed by atoms with E-state index >= 15 is 0 Å². The minimum Gasteiger partial charge on any atom is -0.354 e. The molecule has 5 aromatic rings. The SMILES string of the molecule is O=C1C(c2cc3ccccc3[nH]2)=C(c2cc3ccccc3[nH]2)C(=O)N1c1ccc(F)cc1. The second-order valence-electron chi connectivity index (χ2n) is 7.71. The summed E-state index contributed by atoms with van der Waals surface area (Å²) in [5, 5.41) is 1.87. The van der Waals surface area contributed by atoms with E-state index in [1.165, 1.54) is 24.3 Å². The van der Waals surface area contributed by atoms with E-state index in [1.54, 1.807) is 0 Å². The molecule has 0 saturated carbocycles. The molecule has 1 aliphatic heterocycles. The summed E-state index contributed by atoms with van der Waals surface area (Å²) in [7, 11) is 0. The molecule has 32 heavy (non-hydrogen) atoms. The molecule has 0 bridgehead atoms. The first-order valence-electron chi connectivity index (χ1n) is 10.1. The lowest BCUT2D eigenvalue weighted by atomic mass is 10.0. The molecule has 0 spiro atoms. The first-order valence-corrected chi connectivity index (χ1v) is 10.1. The van der Waals surface area contributed by atoms with Crippen LogP contribution in [0.4, 0.5) is 10.1 Å². The van der Waals surface area contributed by atoms with Crippen molar-refractivity contribution in [2.24, 2.45) is 0 Å². The lowest BCUT2D eigenvalue weighted by Gasteiger charge is -2.15. The van der Waals surface area contributed by atoms with E-state index in [-0.39, 0.29) is 11.1 Å². The van der Waals surface area contributed by atoms with Gasteiger partial charge in [0, 0.05) is 21.8 Å². The number of fused-ring (bicyclic) bond motifs is 2. The van der Waals surface area contributed by atoms with Gasteiger partial charge >= 0.3 is 0 Å². The van der Waals surface area contributed by atoms with Crippen molar-refractivity contribution >= 4 is 50.5 Å². The Labute approximate surface area is 181 Å². The number of halogens is 1. The Hall–Kier alpha value is -4.45. The Morgan fingerprint density at radius 3 is 1.56 bits per heavy atom. The van der Waals surface area contributed by atoms with Crippen LogP contribution < -0.4 is 4.90 Å². The average molecular weight is 421 g/mol. The summed E-state index contributed by atoms with van der Waals surface area (Å²) in [5.41, 5.74) is 3.73. The van der Waals surface area contributed by atoms with Crippen molar-refractivity contribution in [3.63, 3.8) is 0 Å². The maximum atomic E-state index is 13.6. The zero-order valence-electron chi connectivity index (χ0n) is 16.7. The number of aromatic amines is 2. The molecule has 0 fully saturated rings. The Morgan fingerprint density at radius 1 is 0.625 bits per heavy atom. The number of aromatic nitrogens is 2. The van der Waals surface area contributed by atoms with Crippen molar-refractivity contribution in [1.82, 2.24) is 9.97 Å². The number of H-pyrrole nitrogens is 2. The monoisotopic (exact) mass is 421 g/mol. The average Bonchev–Trinajstić information content (AvgIpc) is 3.47. The molecular weight excluding hydrogens is 405 g/mol. The van der Waals surface area contributed by atoms with E-state index in [1.807, 2.05) is 60.7 Å². The molecule has 2 N–H and O–H groups in total. The van der Waals surface area contributed by atoms with Gasteiger partial charge in [-0.1, -0.05) is 36.4 Å². The summed E-state index contributed by atoms with van der Waals surface area (Å²) in [4.78, 5) is 34.8. The minimum absolute atomic E-state index is 0.280. The molecule has 0 unspecified atom stereocenters. The van der Waals surface area contributed by atoms with Gasteiger partial charge in [0.2, 0.25) is 0 Å². The number of para-hydroxylation sites is 2. The Bertz CT molecular complexity index is 1410. The summed E-state index contributed by atoms with van der Waals surface area (Å²) < 4.78 is 13.5. The van der Waals surface area contributed by atoms with Crippen molar-refractivity contribution in [1.29, 1.82) is 0 Å². The maximum Gasteiger partial charge on any atom is 0.268 e. The van der Waals surface area contributed by atoms with Crippen LogP contribution in [0, 0.1) is 5.82 Å². The van der Waals surface area contributed by atoms with Crippen molar-refractivity contribution in [2.45, 2.75) is 0 Å². The number of nitrogens with one attached hydrogen (secondary N) is 2. The Morgan fingerprint density at radius 2 is 1.09 bits per heavy atom. The van der Waals surface area contributed by atoms with E-state index < -0.39 is 17.6 Å². The molecule has 2 amide bonds. The minimum atomic E-state index is -0.457. The van der Waals surface area contributed by atoms with Crippen LogP contribution in [-0.4, -0.2) is 21.8 Å². The first-order chi connectivity index (χ1) is 15.6. The van der Waals surface area contributed by atoms with Crippen LogP contribution in [0.5, 0.6) is 0 Å². The zero-order chi connectivity index (χ0) is 21.8. The van der Waals surface area contributed by atoms with Gasteiger partial charge in [-0.3, -0.25) is 9.59 Å². The van der Waals surface area contributed by atoms with Gasteiger partial charge in [-0.2, -0.15) is 0 Å². The second-order valence-corrected chi connectivity index (χ2v) is 7.71. The summed E-state index contributed by atoms with van der Waals surface area (Å²) in [6, 6.07) is 24.4. The van der Waals surface area contributed by atoms with Gasteiger partial charge in [0.05, 0.1) is 28.2 Å². The normalized spacial score (nSPS) is 14.3. The Balaban J connectivity index is 1.59. The van der Waals surface area contributed by atoms with Gasteiger partial charge in [-0.25, -0.2) is 9.29 Å². The molecule has 0 saturated heterocycles. The number of carbonyl (C=O) groups excluding carboxylic acids is 2. The predicted octanol–water partition coefficient (Wildman–Crippen LogP) is 5.27. The summed E-state index contributed by atoms with van der Waals surface area (Å²) in [5.74, 6) is -1.35. The number of benzene rings is 3. The number of rotatable bonds is 3. The number of imide groups is 1. The van der Waals surface area contributed by atoms with Gasteiger partial charge in [-0.15, -0.1) is 0 Å². The van der Waals surface area contributed by atoms with Crippen LogP contribution in [0.3, 0.4) is 0 Å². The third-order valence-electron chi connectivity index (χ3n) is 5.77. The van der Waals surface area contributed by atoms with Crippen LogP contribution in [0.15, 0.2) is 84.9 Å². The van der Waals surface area contributed by atoms with E-state index in [4.69, 9.17) is 0 Å². The molecule has 6 heteroatoms. The highest BCUT2D eigenvalue weighted by atomic mass is 19.1. The van der Waals surface area contributed by atoms with Crippen molar-refractivity contribution < 1.29 is 14.0 Å². The molecule has 3 aromatic carbocycles. The van der Waals surface area contributed by atoms with E-state index in [9.17, 15) is 14.0 Å².